The minimum absolute atomic E-state index is 0.0350. The fourth-order valence-corrected chi connectivity index (χ4v) is 2.77. The number of nitrogens with one attached hydrogen (secondary N) is 1. The maximum absolute atomic E-state index is 12.0. The van der Waals surface area contributed by atoms with Crippen molar-refractivity contribution in [2.75, 3.05) is 13.2 Å². The highest BCUT2D eigenvalue weighted by atomic mass is 16.5. The fourth-order valence-electron chi connectivity index (χ4n) is 2.77. The normalized spacial score (nSPS) is 21.6. The largest absolute Gasteiger partial charge is 0.490 e. The van der Waals surface area contributed by atoms with Crippen LogP contribution in [0, 0.1) is 5.92 Å². The van der Waals surface area contributed by atoms with Gasteiger partial charge in [-0.25, -0.2) is 0 Å². The Morgan fingerprint density at radius 1 is 1.19 bits per heavy atom. The average Bonchev–Trinajstić information content (AvgIpc) is 2.49. The Balaban J connectivity index is 1.83. The monoisotopic (exact) mass is 291 g/mol. The number of hydrogen-bond donors (Lipinski definition) is 1. The number of carbonyl (C=O) groups is 1. The quantitative estimate of drug-likeness (QED) is 0.876. The van der Waals surface area contributed by atoms with Crippen molar-refractivity contribution < 1.29 is 14.3 Å². The lowest BCUT2D eigenvalue weighted by Gasteiger charge is -2.29. The summed E-state index contributed by atoms with van der Waals surface area (Å²) in [6.45, 7) is 4.74. The third-order valence-electron chi connectivity index (χ3n) is 3.97. The second kappa shape index (κ2) is 7.91. The van der Waals surface area contributed by atoms with Gasteiger partial charge in [-0.15, -0.1) is 0 Å². The molecule has 0 radical (unpaired) electrons. The second-order valence-electron chi connectivity index (χ2n) is 5.60. The zero-order valence-electron chi connectivity index (χ0n) is 12.9. The Morgan fingerprint density at radius 3 is 2.52 bits per heavy atom. The van der Waals surface area contributed by atoms with E-state index < -0.39 is 0 Å². The molecule has 4 nitrogen and oxygen atoms in total. The maximum atomic E-state index is 12.0. The summed E-state index contributed by atoms with van der Waals surface area (Å²) in [7, 11) is 0. The van der Waals surface area contributed by atoms with Gasteiger partial charge in [0.25, 0.3) is 5.91 Å². The van der Waals surface area contributed by atoms with Crippen molar-refractivity contribution in [1.29, 1.82) is 0 Å². The Morgan fingerprint density at radius 2 is 1.86 bits per heavy atom. The lowest BCUT2D eigenvalue weighted by Crippen LogP contribution is -2.43. The molecule has 1 aliphatic carbocycles. The zero-order chi connectivity index (χ0) is 15.1. The smallest absolute Gasteiger partial charge is 0.258 e. The van der Waals surface area contributed by atoms with Crippen molar-refractivity contribution in [2.24, 2.45) is 5.92 Å². The first-order chi connectivity index (χ1) is 10.2. The number of carbonyl (C=O) groups excluding carboxylic acids is 1. The van der Waals surface area contributed by atoms with E-state index in [1.807, 2.05) is 31.2 Å². The first kappa shape index (κ1) is 15.7. The van der Waals surface area contributed by atoms with Crippen molar-refractivity contribution in [3.05, 3.63) is 24.3 Å². The molecule has 0 bridgehead atoms. The van der Waals surface area contributed by atoms with Crippen LogP contribution < -0.4 is 14.8 Å². The van der Waals surface area contributed by atoms with Gasteiger partial charge in [-0.1, -0.05) is 31.9 Å². The van der Waals surface area contributed by atoms with E-state index in [-0.39, 0.29) is 18.6 Å². The summed E-state index contributed by atoms with van der Waals surface area (Å²) < 4.78 is 11.1. The summed E-state index contributed by atoms with van der Waals surface area (Å²) in [5.41, 5.74) is 0. The standard InChI is InChI=1S/C17H25NO3/c1-3-20-15-10-6-7-11-16(15)21-12-17(19)18-14-9-5-4-8-13(14)2/h6-7,10-11,13-14H,3-5,8-9,12H2,1-2H3,(H,18,19). The Labute approximate surface area is 126 Å². The molecule has 1 aliphatic rings. The molecule has 1 aromatic carbocycles. The van der Waals surface area contributed by atoms with Crippen molar-refractivity contribution in [1.82, 2.24) is 5.32 Å². The molecule has 0 aliphatic heterocycles. The van der Waals surface area contributed by atoms with Gasteiger partial charge in [0.15, 0.2) is 18.1 Å². The van der Waals surface area contributed by atoms with Crippen molar-refractivity contribution in [2.45, 2.75) is 45.6 Å². The van der Waals surface area contributed by atoms with Gasteiger partial charge in [-0.05, 0) is 37.8 Å². The summed E-state index contributed by atoms with van der Waals surface area (Å²) in [6, 6.07) is 7.72. The Kier molecular flexibility index (Phi) is 5.90. The highest BCUT2D eigenvalue weighted by Crippen LogP contribution is 2.26. The molecule has 1 saturated carbocycles. The molecule has 1 N–H and O–H groups in total. The zero-order valence-corrected chi connectivity index (χ0v) is 12.9. The number of rotatable bonds is 6. The maximum Gasteiger partial charge on any atom is 0.258 e. The van der Waals surface area contributed by atoms with E-state index in [1.54, 1.807) is 0 Å². The van der Waals surface area contributed by atoms with E-state index in [9.17, 15) is 4.79 Å². The molecule has 4 heteroatoms. The number of benzene rings is 1. The Hall–Kier alpha value is -1.71. The minimum atomic E-state index is -0.0555. The van der Waals surface area contributed by atoms with Crippen LogP contribution in [-0.4, -0.2) is 25.2 Å². The number of hydrogen-bond acceptors (Lipinski definition) is 3. The second-order valence-corrected chi connectivity index (χ2v) is 5.60. The molecule has 0 heterocycles. The first-order valence-corrected chi connectivity index (χ1v) is 7.84. The minimum Gasteiger partial charge on any atom is -0.490 e. The van der Waals surface area contributed by atoms with Crippen LogP contribution in [0.2, 0.25) is 0 Å². The molecule has 0 saturated heterocycles. The van der Waals surface area contributed by atoms with E-state index in [0.29, 0.717) is 24.0 Å². The van der Waals surface area contributed by atoms with Gasteiger partial charge in [0.2, 0.25) is 0 Å². The van der Waals surface area contributed by atoms with E-state index in [0.717, 1.165) is 6.42 Å². The number of ether oxygens (including phenoxy) is 2. The van der Waals surface area contributed by atoms with E-state index >= 15 is 0 Å². The molecule has 1 aromatic rings. The van der Waals surface area contributed by atoms with Crippen LogP contribution in [-0.2, 0) is 4.79 Å². The van der Waals surface area contributed by atoms with Crippen molar-refractivity contribution >= 4 is 5.91 Å². The van der Waals surface area contributed by atoms with Crippen LogP contribution >= 0.6 is 0 Å². The van der Waals surface area contributed by atoms with Gasteiger partial charge in [-0.3, -0.25) is 4.79 Å². The van der Waals surface area contributed by atoms with Crippen LogP contribution in [0.25, 0.3) is 0 Å². The molecule has 21 heavy (non-hydrogen) atoms. The highest BCUT2D eigenvalue weighted by Gasteiger charge is 2.22. The fraction of sp³-hybridized carbons (Fsp3) is 0.588. The summed E-state index contributed by atoms with van der Waals surface area (Å²) in [5, 5.41) is 3.09. The SMILES string of the molecule is CCOc1ccccc1OCC(=O)NC1CCCCC1C. The topological polar surface area (TPSA) is 47.6 Å². The summed E-state index contributed by atoms with van der Waals surface area (Å²) in [6.07, 6.45) is 4.73. The number of amides is 1. The van der Waals surface area contributed by atoms with E-state index in [4.69, 9.17) is 9.47 Å². The molecule has 0 spiro atoms. The Bertz CT molecular complexity index is 461. The molecule has 2 atom stereocenters. The summed E-state index contributed by atoms with van der Waals surface area (Å²) >= 11 is 0. The molecule has 1 fully saturated rings. The molecule has 116 valence electrons. The van der Waals surface area contributed by atoms with Crippen LogP contribution in [0.4, 0.5) is 0 Å². The average molecular weight is 291 g/mol. The summed E-state index contributed by atoms with van der Waals surface area (Å²) in [4.78, 5) is 12.0. The van der Waals surface area contributed by atoms with Gasteiger partial charge >= 0.3 is 0 Å². The van der Waals surface area contributed by atoms with Crippen molar-refractivity contribution in [3.8, 4) is 11.5 Å². The lowest BCUT2D eigenvalue weighted by molar-refractivity contribution is -0.124. The van der Waals surface area contributed by atoms with Gasteiger partial charge in [0, 0.05) is 6.04 Å². The van der Waals surface area contributed by atoms with Crippen LogP contribution in [0.3, 0.4) is 0 Å². The highest BCUT2D eigenvalue weighted by molar-refractivity contribution is 5.78. The van der Waals surface area contributed by atoms with Gasteiger partial charge in [0.1, 0.15) is 0 Å². The number of para-hydroxylation sites is 2. The first-order valence-electron chi connectivity index (χ1n) is 7.84. The van der Waals surface area contributed by atoms with Gasteiger partial charge < -0.3 is 14.8 Å². The third-order valence-corrected chi connectivity index (χ3v) is 3.97. The van der Waals surface area contributed by atoms with Crippen LogP contribution in [0.1, 0.15) is 39.5 Å². The molecule has 2 rings (SSSR count). The predicted molar refractivity (Wildman–Crippen MR) is 82.7 cm³/mol. The summed E-state index contributed by atoms with van der Waals surface area (Å²) in [5.74, 6) is 1.79. The predicted octanol–water partition coefficient (Wildman–Crippen LogP) is 3.16. The molecular formula is C17H25NO3. The molecular weight excluding hydrogens is 266 g/mol. The molecule has 0 aromatic heterocycles. The van der Waals surface area contributed by atoms with Gasteiger partial charge in [-0.2, -0.15) is 0 Å². The van der Waals surface area contributed by atoms with Crippen molar-refractivity contribution in [3.63, 3.8) is 0 Å². The molecule has 1 amide bonds. The lowest BCUT2D eigenvalue weighted by atomic mass is 9.86. The molecule has 2 unspecified atom stereocenters. The van der Waals surface area contributed by atoms with Crippen LogP contribution in [0.15, 0.2) is 24.3 Å². The van der Waals surface area contributed by atoms with Crippen LogP contribution in [0.5, 0.6) is 11.5 Å². The van der Waals surface area contributed by atoms with E-state index in [2.05, 4.69) is 12.2 Å². The van der Waals surface area contributed by atoms with E-state index in [1.165, 1.54) is 19.3 Å². The van der Waals surface area contributed by atoms with Gasteiger partial charge in [0.05, 0.1) is 6.61 Å². The third kappa shape index (κ3) is 4.66.